The molecule has 2 N–H and O–H groups in total. The maximum atomic E-state index is 4.76. The second kappa shape index (κ2) is 9.57. The van der Waals surface area contributed by atoms with Gasteiger partial charge >= 0.3 is 0 Å². The van der Waals surface area contributed by atoms with E-state index in [1.165, 1.54) is 50.0 Å². The van der Waals surface area contributed by atoms with Gasteiger partial charge in [-0.2, -0.15) is 11.8 Å². The number of likely N-dealkylation sites (N-methyl/N-ethyl adjacent to an activating group) is 1. The Labute approximate surface area is 134 Å². The molecular weight excluding hydrogens is 280 g/mol. The van der Waals surface area contributed by atoms with E-state index in [9.17, 15) is 0 Å². The molecule has 0 radical (unpaired) electrons. The third kappa shape index (κ3) is 6.07. The number of thioether (sulfide) groups is 1. The Morgan fingerprint density at radius 2 is 2.05 bits per heavy atom. The molecule has 1 saturated heterocycles. The molecular formula is C16H32N4S. The molecule has 1 aliphatic heterocycles. The molecule has 4 nitrogen and oxygen atoms in total. The summed E-state index contributed by atoms with van der Waals surface area (Å²) in [7, 11) is 2.25. The summed E-state index contributed by atoms with van der Waals surface area (Å²) < 4.78 is 0. The third-order valence-corrected chi connectivity index (χ3v) is 5.73. The van der Waals surface area contributed by atoms with Gasteiger partial charge in [0.2, 0.25) is 0 Å². The highest BCUT2D eigenvalue weighted by Crippen LogP contribution is 2.22. The number of hydrogen-bond acceptors (Lipinski definition) is 3. The Kier molecular flexibility index (Phi) is 7.72. The summed E-state index contributed by atoms with van der Waals surface area (Å²) in [5, 5.41) is 6.98. The molecule has 0 spiro atoms. The molecule has 1 atom stereocenters. The fraction of sp³-hybridized carbons (Fsp3) is 0.938. The molecule has 2 rings (SSSR count). The van der Waals surface area contributed by atoms with Gasteiger partial charge in [0.25, 0.3) is 0 Å². The summed E-state index contributed by atoms with van der Waals surface area (Å²) in [6.07, 6.45) is 8.16. The number of rotatable bonds is 6. The van der Waals surface area contributed by atoms with Crippen LogP contribution in [0.5, 0.6) is 0 Å². The maximum absolute atomic E-state index is 4.76. The van der Waals surface area contributed by atoms with Crippen molar-refractivity contribution in [3.63, 3.8) is 0 Å². The molecule has 1 unspecified atom stereocenters. The van der Waals surface area contributed by atoms with Gasteiger partial charge in [0.1, 0.15) is 0 Å². The lowest BCUT2D eigenvalue weighted by Gasteiger charge is -2.25. The molecule has 1 heterocycles. The van der Waals surface area contributed by atoms with Crippen molar-refractivity contribution in [2.24, 2.45) is 4.99 Å². The van der Waals surface area contributed by atoms with Crippen molar-refractivity contribution in [1.29, 1.82) is 0 Å². The Hall–Kier alpha value is -0.420. The molecule has 1 aliphatic carbocycles. The van der Waals surface area contributed by atoms with E-state index >= 15 is 0 Å². The van der Waals surface area contributed by atoms with Crippen LogP contribution in [-0.2, 0) is 0 Å². The average molecular weight is 313 g/mol. The van der Waals surface area contributed by atoms with Crippen LogP contribution >= 0.6 is 11.8 Å². The van der Waals surface area contributed by atoms with Gasteiger partial charge in [0.15, 0.2) is 5.96 Å². The number of hydrogen-bond donors (Lipinski definition) is 2. The zero-order valence-corrected chi connectivity index (χ0v) is 14.6. The van der Waals surface area contributed by atoms with Crippen LogP contribution in [0.15, 0.2) is 4.99 Å². The SMILES string of the molecule is CCNC(=NCCN(C)C1CCCC1)NC1CCCSC1. The van der Waals surface area contributed by atoms with Gasteiger partial charge in [-0.3, -0.25) is 4.99 Å². The molecule has 2 fully saturated rings. The molecule has 0 bridgehead atoms. The Bertz CT molecular complexity index is 309. The first-order chi connectivity index (χ1) is 10.3. The number of aliphatic imine (C=N–C) groups is 1. The summed E-state index contributed by atoms with van der Waals surface area (Å²) in [4.78, 5) is 7.26. The van der Waals surface area contributed by atoms with Crippen LogP contribution in [0.25, 0.3) is 0 Å². The van der Waals surface area contributed by atoms with E-state index in [-0.39, 0.29) is 0 Å². The van der Waals surface area contributed by atoms with Crippen molar-refractivity contribution < 1.29 is 0 Å². The lowest BCUT2D eigenvalue weighted by molar-refractivity contribution is 0.252. The topological polar surface area (TPSA) is 39.7 Å². The highest BCUT2D eigenvalue weighted by Gasteiger charge is 2.19. The molecule has 2 aliphatic rings. The lowest BCUT2D eigenvalue weighted by atomic mass is 10.2. The largest absolute Gasteiger partial charge is 0.357 e. The molecule has 0 aromatic heterocycles. The second-order valence-corrected chi connectivity index (χ2v) is 7.39. The highest BCUT2D eigenvalue weighted by molar-refractivity contribution is 7.99. The summed E-state index contributed by atoms with van der Waals surface area (Å²) in [5.74, 6) is 3.54. The smallest absolute Gasteiger partial charge is 0.191 e. The third-order valence-electron chi connectivity index (χ3n) is 4.52. The molecule has 0 aromatic carbocycles. The van der Waals surface area contributed by atoms with Crippen LogP contribution in [-0.4, -0.2) is 61.1 Å². The van der Waals surface area contributed by atoms with Crippen LogP contribution in [0.1, 0.15) is 45.4 Å². The van der Waals surface area contributed by atoms with Gasteiger partial charge in [0, 0.05) is 30.9 Å². The standard InChI is InChI=1S/C16H32N4S/c1-3-17-16(19-14-7-6-12-21-13-14)18-10-11-20(2)15-8-4-5-9-15/h14-15H,3-13H2,1-2H3,(H2,17,18,19). The van der Waals surface area contributed by atoms with E-state index in [0.29, 0.717) is 6.04 Å². The number of nitrogens with zero attached hydrogens (tertiary/aromatic N) is 2. The van der Waals surface area contributed by atoms with Gasteiger partial charge in [-0.05, 0) is 45.4 Å². The van der Waals surface area contributed by atoms with E-state index in [2.05, 4.69) is 41.3 Å². The van der Waals surface area contributed by atoms with Crippen LogP contribution in [0.2, 0.25) is 0 Å². The first kappa shape index (κ1) is 16.9. The summed E-state index contributed by atoms with van der Waals surface area (Å²) in [6, 6.07) is 1.39. The maximum Gasteiger partial charge on any atom is 0.191 e. The second-order valence-electron chi connectivity index (χ2n) is 6.24. The van der Waals surface area contributed by atoms with Crippen molar-refractivity contribution in [3.8, 4) is 0 Å². The van der Waals surface area contributed by atoms with Gasteiger partial charge in [-0.1, -0.05) is 12.8 Å². The number of guanidine groups is 1. The summed E-state index contributed by atoms with van der Waals surface area (Å²) >= 11 is 2.06. The molecule has 21 heavy (non-hydrogen) atoms. The average Bonchev–Trinajstić information content (AvgIpc) is 3.03. The normalized spacial score (nSPS) is 24.5. The van der Waals surface area contributed by atoms with E-state index in [1.54, 1.807) is 0 Å². The quantitative estimate of drug-likeness (QED) is 0.583. The van der Waals surface area contributed by atoms with E-state index in [4.69, 9.17) is 4.99 Å². The van der Waals surface area contributed by atoms with Crippen LogP contribution in [0.4, 0.5) is 0 Å². The van der Waals surface area contributed by atoms with Crippen LogP contribution in [0.3, 0.4) is 0 Å². The minimum Gasteiger partial charge on any atom is -0.357 e. The fourth-order valence-corrected chi connectivity index (χ4v) is 4.29. The Balaban J connectivity index is 1.73. The van der Waals surface area contributed by atoms with Crippen molar-refractivity contribution in [2.45, 2.75) is 57.5 Å². The first-order valence-corrected chi connectivity index (χ1v) is 9.78. The predicted octanol–water partition coefficient (Wildman–Crippen LogP) is 2.31. The zero-order valence-electron chi connectivity index (χ0n) is 13.7. The lowest BCUT2D eigenvalue weighted by Crippen LogP contribution is -2.45. The molecule has 5 heteroatoms. The van der Waals surface area contributed by atoms with Crippen molar-refractivity contribution in [3.05, 3.63) is 0 Å². The van der Waals surface area contributed by atoms with Crippen molar-refractivity contribution in [2.75, 3.05) is 38.2 Å². The minimum atomic E-state index is 0.592. The Morgan fingerprint density at radius 3 is 2.71 bits per heavy atom. The van der Waals surface area contributed by atoms with Gasteiger partial charge in [-0.25, -0.2) is 0 Å². The molecule has 0 amide bonds. The van der Waals surface area contributed by atoms with Crippen molar-refractivity contribution in [1.82, 2.24) is 15.5 Å². The molecule has 122 valence electrons. The van der Waals surface area contributed by atoms with E-state index < -0.39 is 0 Å². The minimum absolute atomic E-state index is 0.592. The van der Waals surface area contributed by atoms with Gasteiger partial charge in [0.05, 0.1) is 6.54 Å². The van der Waals surface area contributed by atoms with E-state index in [0.717, 1.165) is 31.6 Å². The summed E-state index contributed by atoms with van der Waals surface area (Å²) in [5.41, 5.74) is 0. The fourth-order valence-electron chi connectivity index (χ4n) is 3.22. The monoisotopic (exact) mass is 312 g/mol. The first-order valence-electron chi connectivity index (χ1n) is 8.62. The molecule has 0 aromatic rings. The number of nitrogens with one attached hydrogen (secondary N) is 2. The predicted molar refractivity (Wildman–Crippen MR) is 94.3 cm³/mol. The highest BCUT2D eigenvalue weighted by atomic mass is 32.2. The van der Waals surface area contributed by atoms with Crippen LogP contribution < -0.4 is 10.6 Å². The zero-order chi connectivity index (χ0) is 14.9. The van der Waals surface area contributed by atoms with Crippen LogP contribution in [0, 0.1) is 0 Å². The molecule has 1 saturated carbocycles. The Morgan fingerprint density at radius 1 is 1.24 bits per heavy atom. The van der Waals surface area contributed by atoms with Crippen molar-refractivity contribution >= 4 is 17.7 Å². The van der Waals surface area contributed by atoms with Gasteiger partial charge in [-0.15, -0.1) is 0 Å². The van der Waals surface area contributed by atoms with E-state index in [1.807, 2.05) is 0 Å². The summed E-state index contributed by atoms with van der Waals surface area (Å²) in [6.45, 7) is 5.03. The van der Waals surface area contributed by atoms with Gasteiger partial charge < -0.3 is 15.5 Å².